The summed E-state index contributed by atoms with van der Waals surface area (Å²) >= 11 is 1.28. The van der Waals surface area contributed by atoms with Crippen molar-refractivity contribution in [2.45, 2.75) is 26.2 Å². The van der Waals surface area contributed by atoms with E-state index in [1.807, 2.05) is 6.92 Å². The van der Waals surface area contributed by atoms with Gasteiger partial charge in [-0.1, -0.05) is 6.92 Å². The maximum absolute atomic E-state index is 12.6. The van der Waals surface area contributed by atoms with Crippen LogP contribution in [-0.2, 0) is 9.53 Å². The van der Waals surface area contributed by atoms with E-state index in [2.05, 4.69) is 10.6 Å². The van der Waals surface area contributed by atoms with Gasteiger partial charge in [-0.15, -0.1) is 11.3 Å². The molecule has 1 aliphatic heterocycles. The summed E-state index contributed by atoms with van der Waals surface area (Å²) in [6.07, 6.45) is 2.46. The van der Waals surface area contributed by atoms with Crippen LogP contribution in [0.3, 0.4) is 0 Å². The number of esters is 1. The number of anilines is 1. The van der Waals surface area contributed by atoms with Crippen LogP contribution >= 0.6 is 11.3 Å². The molecule has 0 saturated carbocycles. The summed E-state index contributed by atoms with van der Waals surface area (Å²) in [5.41, 5.74) is 0.221. The largest absolute Gasteiger partial charge is 0.465 e. The molecular weight excluding hydrogens is 276 g/mol. The number of amides is 1. The summed E-state index contributed by atoms with van der Waals surface area (Å²) in [4.78, 5) is 24.7. The van der Waals surface area contributed by atoms with E-state index < -0.39 is 5.97 Å². The van der Waals surface area contributed by atoms with Crippen LogP contribution in [0.15, 0.2) is 11.4 Å². The molecule has 1 aromatic heterocycles. The average molecular weight is 296 g/mol. The summed E-state index contributed by atoms with van der Waals surface area (Å²) in [6, 6.07) is 1.75. The molecule has 0 aliphatic carbocycles. The third kappa shape index (κ3) is 2.86. The molecule has 1 amide bonds. The maximum Gasteiger partial charge on any atom is 0.350 e. The Balaban J connectivity index is 2.15. The Morgan fingerprint density at radius 2 is 2.15 bits per heavy atom. The molecule has 2 heterocycles. The summed E-state index contributed by atoms with van der Waals surface area (Å²) in [5.74, 6) is -0.406. The highest BCUT2D eigenvalue weighted by Crippen LogP contribution is 2.35. The van der Waals surface area contributed by atoms with Gasteiger partial charge in [0.1, 0.15) is 4.88 Å². The van der Waals surface area contributed by atoms with Gasteiger partial charge in [0.25, 0.3) is 0 Å². The summed E-state index contributed by atoms with van der Waals surface area (Å²) < 4.78 is 4.72. The fraction of sp³-hybridized carbons (Fsp3) is 0.571. The zero-order valence-electron chi connectivity index (χ0n) is 11.8. The van der Waals surface area contributed by atoms with Crippen LogP contribution in [0.4, 0.5) is 5.69 Å². The number of rotatable bonds is 4. The Morgan fingerprint density at radius 1 is 1.45 bits per heavy atom. The number of nitrogens with one attached hydrogen (secondary N) is 2. The van der Waals surface area contributed by atoms with Gasteiger partial charge in [0.2, 0.25) is 5.91 Å². The van der Waals surface area contributed by atoms with Crippen molar-refractivity contribution in [1.29, 1.82) is 0 Å². The molecule has 0 spiro atoms. The lowest BCUT2D eigenvalue weighted by molar-refractivity contribution is -0.127. The molecule has 2 N–H and O–H groups in total. The van der Waals surface area contributed by atoms with E-state index in [1.165, 1.54) is 18.4 Å². The molecule has 6 heteroatoms. The Morgan fingerprint density at radius 3 is 2.75 bits per heavy atom. The normalized spacial score (nSPS) is 17.5. The Bertz CT molecular complexity index is 492. The van der Waals surface area contributed by atoms with Crippen molar-refractivity contribution in [3.05, 3.63) is 16.3 Å². The molecule has 2 rings (SSSR count). The predicted octanol–water partition coefficient (Wildman–Crippen LogP) is 2.25. The van der Waals surface area contributed by atoms with Gasteiger partial charge in [-0.25, -0.2) is 4.79 Å². The second kappa shape index (κ2) is 6.37. The molecule has 20 heavy (non-hydrogen) atoms. The third-order valence-corrected chi connectivity index (χ3v) is 4.90. The molecule has 0 unspecified atom stereocenters. The number of ether oxygens (including phenoxy) is 1. The fourth-order valence-electron chi connectivity index (χ4n) is 2.56. The quantitative estimate of drug-likeness (QED) is 0.836. The zero-order valence-corrected chi connectivity index (χ0v) is 12.6. The number of piperidine rings is 1. The SMILES string of the molecule is CCC1(C(=O)Nc2ccsc2C(=O)OC)CCNCC1. The summed E-state index contributed by atoms with van der Waals surface area (Å²) in [6.45, 7) is 3.75. The Hall–Kier alpha value is -1.40. The number of carbonyl (C=O) groups excluding carboxylic acids is 2. The second-order valence-electron chi connectivity index (χ2n) is 4.99. The smallest absolute Gasteiger partial charge is 0.350 e. The lowest BCUT2D eigenvalue weighted by Gasteiger charge is -2.35. The van der Waals surface area contributed by atoms with E-state index in [9.17, 15) is 9.59 Å². The van der Waals surface area contributed by atoms with E-state index in [1.54, 1.807) is 11.4 Å². The molecule has 0 radical (unpaired) electrons. The molecule has 1 aromatic rings. The fourth-order valence-corrected chi connectivity index (χ4v) is 3.33. The van der Waals surface area contributed by atoms with E-state index in [4.69, 9.17) is 4.74 Å². The molecule has 0 atom stereocenters. The van der Waals surface area contributed by atoms with Crippen molar-refractivity contribution >= 4 is 28.9 Å². The van der Waals surface area contributed by atoms with Crippen LogP contribution in [0.2, 0.25) is 0 Å². The first-order chi connectivity index (χ1) is 9.63. The van der Waals surface area contributed by atoms with E-state index in [-0.39, 0.29) is 11.3 Å². The summed E-state index contributed by atoms with van der Waals surface area (Å²) in [7, 11) is 1.34. The third-order valence-electron chi connectivity index (χ3n) is 4.00. The van der Waals surface area contributed by atoms with Crippen LogP contribution in [0.25, 0.3) is 0 Å². The number of thiophene rings is 1. The molecule has 5 nitrogen and oxygen atoms in total. The average Bonchev–Trinajstić information content (AvgIpc) is 2.95. The van der Waals surface area contributed by atoms with Crippen LogP contribution in [0.5, 0.6) is 0 Å². The number of carbonyl (C=O) groups is 2. The van der Waals surface area contributed by atoms with Crippen LogP contribution in [0.1, 0.15) is 35.9 Å². The minimum atomic E-state index is -0.411. The lowest BCUT2D eigenvalue weighted by Crippen LogP contribution is -2.44. The Kier molecular flexibility index (Phi) is 4.77. The number of hydrogen-bond donors (Lipinski definition) is 2. The van der Waals surface area contributed by atoms with Gasteiger partial charge in [-0.3, -0.25) is 4.79 Å². The zero-order chi connectivity index (χ0) is 14.6. The minimum Gasteiger partial charge on any atom is -0.465 e. The van der Waals surface area contributed by atoms with E-state index >= 15 is 0 Å². The molecule has 110 valence electrons. The summed E-state index contributed by atoms with van der Waals surface area (Å²) in [5, 5.41) is 7.96. The minimum absolute atomic E-state index is 0.00468. The monoisotopic (exact) mass is 296 g/mol. The van der Waals surface area contributed by atoms with Crippen LogP contribution < -0.4 is 10.6 Å². The van der Waals surface area contributed by atoms with Crippen molar-refractivity contribution in [3.63, 3.8) is 0 Å². The maximum atomic E-state index is 12.6. The second-order valence-corrected chi connectivity index (χ2v) is 5.91. The highest BCUT2D eigenvalue weighted by atomic mass is 32.1. The first-order valence-corrected chi connectivity index (χ1v) is 7.69. The van der Waals surface area contributed by atoms with Gasteiger partial charge in [0.05, 0.1) is 18.2 Å². The van der Waals surface area contributed by atoms with Gasteiger partial charge in [0.15, 0.2) is 0 Å². The standard InChI is InChI=1S/C14H20N2O3S/c1-3-14(5-7-15-8-6-14)13(18)16-10-4-9-20-11(10)12(17)19-2/h4,9,15H,3,5-8H2,1-2H3,(H,16,18). The van der Waals surface area contributed by atoms with Crippen LogP contribution in [-0.4, -0.2) is 32.1 Å². The van der Waals surface area contributed by atoms with Crippen molar-refractivity contribution in [2.75, 3.05) is 25.5 Å². The number of hydrogen-bond acceptors (Lipinski definition) is 5. The van der Waals surface area contributed by atoms with Gasteiger partial charge < -0.3 is 15.4 Å². The topological polar surface area (TPSA) is 67.4 Å². The van der Waals surface area contributed by atoms with Crippen molar-refractivity contribution < 1.29 is 14.3 Å². The Labute approximate surface area is 122 Å². The van der Waals surface area contributed by atoms with Gasteiger partial charge >= 0.3 is 5.97 Å². The van der Waals surface area contributed by atoms with Gasteiger partial charge in [-0.05, 0) is 43.8 Å². The van der Waals surface area contributed by atoms with E-state index in [0.717, 1.165) is 32.4 Å². The van der Waals surface area contributed by atoms with E-state index in [0.29, 0.717) is 10.6 Å². The molecular formula is C14H20N2O3S. The highest BCUT2D eigenvalue weighted by Gasteiger charge is 2.38. The van der Waals surface area contributed by atoms with Crippen molar-refractivity contribution in [1.82, 2.24) is 5.32 Å². The molecule has 0 bridgehead atoms. The molecule has 1 saturated heterocycles. The van der Waals surface area contributed by atoms with Gasteiger partial charge in [-0.2, -0.15) is 0 Å². The molecule has 1 fully saturated rings. The first-order valence-electron chi connectivity index (χ1n) is 6.81. The molecule has 1 aliphatic rings. The van der Waals surface area contributed by atoms with Crippen molar-refractivity contribution in [3.8, 4) is 0 Å². The van der Waals surface area contributed by atoms with Gasteiger partial charge in [0, 0.05) is 0 Å². The highest BCUT2D eigenvalue weighted by molar-refractivity contribution is 7.12. The predicted molar refractivity (Wildman–Crippen MR) is 79.1 cm³/mol. The molecule has 0 aromatic carbocycles. The number of methoxy groups -OCH3 is 1. The first kappa shape index (κ1) is 15.0. The van der Waals surface area contributed by atoms with Crippen molar-refractivity contribution in [2.24, 2.45) is 5.41 Å². The van der Waals surface area contributed by atoms with Crippen LogP contribution in [0, 0.1) is 5.41 Å². The lowest BCUT2D eigenvalue weighted by atomic mass is 9.76.